The normalized spacial score (nSPS) is 16.7. The summed E-state index contributed by atoms with van der Waals surface area (Å²) in [5, 5.41) is 5.15. The highest BCUT2D eigenvalue weighted by atomic mass is 19.1. The molecule has 4 aromatic rings. The van der Waals surface area contributed by atoms with Gasteiger partial charge in [0.05, 0.1) is 6.04 Å². The van der Waals surface area contributed by atoms with Crippen LogP contribution in [-0.2, 0) is 6.42 Å². The molecule has 0 spiro atoms. The average molecular weight is 347 g/mol. The number of aryl methyl sites for hydroxylation is 1. The van der Waals surface area contributed by atoms with E-state index in [0.29, 0.717) is 5.56 Å². The molecule has 1 amide bonds. The van der Waals surface area contributed by atoms with Crippen LogP contribution < -0.4 is 5.32 Å². The van der Waals surface area contributed by atoms with E-state index in [-0.39, 0.29) is 17.8 Å². The van der Waals surface area contributed by atoms with Crippen LogP contribution in [0, 0.1) is 5.82 Å². The highest BCUT2D eigenvalue weighted by Crippen LogP contribution is 2.35. The Morgan fingerprint density at radius 1 is 1.12 bits per heavy atom. The van der Waals surface area contributed by atoms with Gasteiger partial charge >= 0.3 is 0 Å². The standard InChI is InChI=1S/C21H18FN3O/c22-14-6-7-17-16(11-14)15-2-1-3-18(20(15)24-17)25-21(26)13-5-4-12-8-9-23-19(12)10-13/h4-11,18,23-24H,1-3H2,(H,25,26). The molecule has 1 unspecified atom stereocenters. The van der Waals surface area contributed by atoms with E-state index in [0.717, 1.165) is 52.3 Å². The van der Waals surface area contributed by atoms with Crippen molar-refractivity contribution in [2.45, 2.75) is 25.3 Å². The zero-order chi connectivity index (χ0) is 17.7. The van der Waals surface area contributed by atoms with Crippen molar-refractivity contribution in [3.63, 3.8) is 0 Å². The van der Waals surface area contributed by atoms with Crippen molar-refractivity contribution >= 4 is 27.7 Å². The molecule has 2 heterocycles. The number of halogens is 1. The van der Waals surface area contributed by atoms with E-state index >= 15 is 0 Å². The number of H-pyrrole nitrogens is 2. The predicted molar refractivity (Wildman–Crippen MR) is 99.7 cm³/mol. The van der Waals surface area contributed by atoms with Gasteiger partial charge in [0.25, 0.3) is 5.91 Å². The van der Waals surface area contributed by atoms with Gasteiger partial charge in [0, 0.05) is 33.9 Å². The Kier molecular flexibility index (Phi) is 3.35. The molecule has 5 rings (SSSR count). The van der Waals surface area contributed by atoms with Gasteiger partial charge in [-0.25, -0.2) is 4.39 Å². The number of hydrogen-bond donors (Lipinski definition) is 3. The lowest BCUT2D eigenvalue weighted by Gasteiger charge is -2.24. The zero-order valence-corrected chi connectivity index (χ0v) is 14.1. The first-order valence-corrected chi connectivity index (χ1v) is 8.87. The van der Waals surface area contributed by atoms with Crippen LogP contribution in [0.25, 0.3) is 21.8 Å². The summed E-state index contributed by atoms with van der Waals surface area (Å²) in [5.74, 6) is -0.325. The number of rotatable bonds is 2. The summed E-state index contributed by atoms with van der Waals surface area (Å²) in [7, 11) is 0. The molecule has 0 aliphatic heterocycles. The number of fused-ring (bicyclic) bond motifs is 4. The predicted octanol–water partition coefficient (Wildman–Crippen LogP) is 4.60. The van der Waals surface area contributed by atoms with Crippen LogP contribution >= 0.6 is 0 Å². The lowest BCUT2D eigenvalue weighted by Crippen LogP contribution is -2.31. The van der Waals surface area contributed by atoms with Gasteiger partial charge in [-0.05, 0) is 66.6 Å². The van der Waals surface area contributed by atoms with E-state index in [1.165, 1.54) is 6.07 Å². The largest absolute Gasteiger partial charge is 0.361 e. The van der Waals surface area contributed by atoms with E-state index in [9.17, 15) is 9.18 Å². The first-order chi connectivity index (χ1) is 12.7. The third-order valence-corrected chi connectivity index (χ3v) is 5.29. The SMILES string of the molecule is O=C(NC1CCCc2c1[nH]c1ccc(F)cc21)c1ccc2cc[nH]c2c1. The average Bonchev–Trinajstić information content (AvgIpc) is 3.25. The maximum Gasteiger partial charge on any atom is 0.251 e. The summed E-state index contributed by atoms with van der Waals surface area (Å²) in [6.45, 7) is 0. The van der Waals surface area contributed by atoms with Gasteiger partial charge in [-0.3, -0.25) is 4.79 Å². The first kappa shape index (κ1) is 15.2. The second-order valence-electron chi connectivity index (χ2n) is 6.91. The molecule has 5 heteroatoms. The van der Waals surface area contributed by atoms with E-state index in [1.807, 2.05) is 30.5 Å². The molecular weight excluding hydrogens is 329 g/mol. The molecule has 26 heavy (non-hydrogen) atoms. The maximum absolute atomic E-state index is 13.6. The lowest BCUT2D eigenvalue weighted by atomic mass is 9.91. The van der Waals surface area contributed by atoms with Crippen molar-refractivity contribution < 1.29 is 9.18 Å². The monoisotopic (exact) mass is 347 g/mol. The highest BCUT2D eigenvalue weighted by Gasteiger charge is 2.26. The van der Waals surface area contributed by atoms with Crippen LogP contribution in [0.5, 0.6) is 0 Å². The summed E-state index contributed by atoms with van der Waals surface area (Å²) in [5.41, 5.74) is 4.63. The van der Waals surface area contributed by atoms with Crippen molar-refractivity contribution in [2.24, 2.45) is 0 Å². The van der Waals surface area contributed by atoms with Crippen LogP contribution in [0.15, 0.2) is 48.7 Å². The first-order valence-electron chi connectivity index (χ1n) is 8.87. The lowest BCUT2D eigenvalue weighted by molar-refractivity contribution is 0.0932. The molecule has 0 radical (unpaired) electrons. The second kappa shape index (κ2) is 5.73. The van der Waals surface area contributed by atoms with Crippen LogP contribution in [-0.4, -0.2) is 15.9 Å². The minimum absolute atomic E-state index is 0.0824. The number of benzene rings is 2. The molecule has 1 atom stereocenters. The van der Waals surface area contributed by atoms with Crippen molar-refractivity contribution in [1.82, 2.24) is 15.3 Å². The highest BCUT2D eigenvalue weighted by molar-refractivity contribution is 5.98. The molecule has 3 N–H and O–H groups in total. The van der Waals surface area contributed by atoms with Gasteiger partial charge in [0.1, 0.15) is 5.82 Å². The fourth-order valence-corrected chi connectivity index (χ4v) is 4.01. The summed E-state index contributed by atoms with van der Waals surface area (Å²) >= 11 is 0. The number of aromatic nitrogens is 2. The van der Waals surface area contributed by atoms with Crippen molar-refractivity contribution in [2.75, 3.05) is 0 Å². The van der Waals surface area contributed by atoms with E-state index in [4.69, 9.17) is 0 Å². The third kappa shape index (κ3) is 2.39. The van der Waals surface area contributed by atoms with E-state index < -0.39 is 0 Å². The Morgan fingerprint density at radius 3 is 2.96 bits per heavy atom. The third-order valence-electron chi connectivity index (χ3n) is 5.29. The van der Waals surface area contributed by atoms with Crippen LogP contribution in [0.3, 0.4) is 0 Å². The van der Waals surface area contributed by atoms with Crippen molar-refractivity contribution in [3.8, 4) is 0 Å². The molecule has 0 saturated carbocycles. The summed E-state index contributed by atoms with van der Waals surface area (Å²) in [6.07, 6.45) is 4.61. The molecule has 2 aromatic heterocycles. The Labute approximate surface area is 149 Å². The molecule has 0 fully saturated rings. The van der Waals surface area contributed by atoms with E-state index in [1.54, 1.807) is 12.1 Å². The summed E-state index contributed by atoms with van der Waals surface area (Å²) in [4.78, 5) is 19.3. The smallest absolute Gasteiger partial charge is 0.251 e. The minimum Gasteiger partial charge on any atom is -0.361 e. The molecule has 0 saturated heterocycles. The van der Waals surface area contributed by atoms with E-state index in [2.05, 4.69) is 15.3 Å². The number of hydrogen-bond acceptors (Lipinski definition) is 1. The number of amides is 1. The van der Waals surface area contributed by atoms with Gasteiger partial charge < -0.3 is 15.3 Å². The van der Waals surface area contributed by atoms with Gasteiger partial charge in [-0.15, -0.1) is 0 Å². The molecule has 1 aliphatic carbocycles. The molecule has 2 aromatic carbocycles. The number of carbonyl (C=O) groups is 1. The van der Waals surface area contributed by atoms with Gasteiger partial charge in [-0.1, -0.05) is 6.07 Å². The summed E-state index contributed by atoms with van der Waals surface area (Å²) < 4.78 is 13.6. The fourth-order valence-electron chi connectivity index (χ4n) is 4.01. The van der Waals surface area contributed by atoms with Gasteiger partial charge in [-0.2, -0.15) is 0 Å². The topological polar surface area (TPSA) is 60.7 Å². The maximum atomic E-state index is 13.6. The second-order valence-corrected chi connectivity index (χ2v) is 6.91. The van der Waals surface area contributed by atoms with Crippen molar-refractivity contribution in [3.05, 3.63) is 71.3 Å². The Bertz CT molecular complexity index is 1140. The quantitative estimate of drug-likeness (QED) is 0.488. The molecule has 1 aliphatic rings. The molecular formula is C21H18FN3O. The fraction of sp³-hybridized carbons (Fsp3) is 0.190. The minimum atomic E-state index is -0.232. The van der Waals surface area contributed by atoms with Gasteiger partial charge in [0.15, 0.2) is 0 Å². The number of nitrogens with one attached hydrogen (secondary N) is 3. The molecule has 130 valence electrons. The van der Waals surface area contributed by atoms with Crippen molar-refractivity contribution in [1.29, 1.82) is 0 Å². The summed E-state index contributed by atoms with van der Waals surface area (Å²) in [6, 6.07) is 12.4. The number of aromatic amines is 2. The number of carbonyl (C=O) groups excluding carboxylic acids is 1. The van der Waals surface area contributed by atoms with Crippen LogP contribution in [0.4, 0.5) is 4.39 Å². The Hall–Kier alpha value is -3.08. The Morgan fingerprint density at radius 2 is 2.04 bits per heavy atom. The molecule has 0 bridgehead atoms. The zero-order valence-electron chi connectivity index (χ0n) is 14.1. The van der Waals surface area contributed by atoms with Crippen LogP contribution in [0.1, 0.15) is 40.5 Å². The van der Waals surface area contributed by atoms with Gasteiger partial charge in [0.2, 0.25) is 0 Å². The molecule has 4 nitrogen and oxygen atoms in total. The van der Waals surface area contributed by atoms with Crippen LogP contribution in [0.2, 0.25) is 0 Å². The Balaban J connectivity index is 1.48.